The number of fused-ring (bicyclic) bond motifs is 1. The van der Waals surface area contributed by atoms with E-state index < -0.39 is 0 Å². The third-order valence-corrected chi connectivity index (χ3v) is 5.06. The molecule has 0 saturated carbocycles. The normalized spacial score (nSPS) is 19.0. The Bertz CT molecular complexity index is 599. The molecule has 0 amide bonds. The number of nitrogens with one attached hydrogen (secondary N) is 1. The molecule has 0 bridgehead atoms. The van der Waals surface area contributed by atoms with Crippen molar-refractivity contribution in [3.8, 4) is 0 Å². The topological polar surface area (TPSA) is 12.0 Å². The molecule has 2 unspecified atom stereocenters. The zero-order valence-electron chi connectivity index (χ0n) is 12.2. The van der Waals surface area contributed by atoms with Gasteiger partial charge in [0.05, 0.1) is 0 Å². The molecule has 0 saturated heterocycles. The van der Waals surface area contributed by atoms with E-state index in [1.54, 1.807) is 17.8 Å². The van der Waals surface area contributed by atoms with Crippen LogP contribution in [0.3, 0.4) is 0 Å². The van der Waals surface area contributed by atoms with Gasteiger partial charge >= 0.3 is 0 Å². The van der Waals surface area contributed by atoms with Crippen LogP contribution >= 0.6 is 11.8 Å². The monoisotopic (exact) mass is 301 g/mol. The molecule has 0 aliphatic carbocycles. The summed E-state index contributed by atoms with van der Waals surface area (Å²) in [6.45, 7) is 2.20. The van der Waals surface area contributed by atoms with Gasteiger partial charge in [0.1, 0.15) is 5.82 Å². The highest BCUT2D eigenvalue weighted by Gasteiger charge is 2.24. The fraction of sp³-hybridized carbons (Fsp3) is 0.333. The van der Waals surface area contributed by atoms with E-state index in [0.717, 1.165) is 29.1 Å². The maximum atomic E-state index is 13.9. The van der Waals surface area contributed by atoms with E-state index in [1.807, 2.05) is 12.1 Å². The minimum absolute atomic E-state index is 0.0836. The van der Waals surface area contributed by atoms with Crippen molar-refractivity contribution < 1.29 is 4.39 Å². The summed E-state index contributed by atoms with van der Waals surface area (Å²) in [6, 6.07) is 16.6. The summed E-state index contributed by atoms with van der Waals surface area (Å²) >= 11 is 1.64. The average Bonchev–Trinajstić information content (AvgIpc) is 2.49. The summed E-state index contributed by atoms with van der Waals surface area (Å²) in [6.07, 6.45) is 2.05. The Morgan fingerprint density at radius 2 is 2.00 bits per heavy atom. The maximum absolute atomic E-state index is 13.9. The summed E-state index contributed by atoms with van der Waals surface area (Å²) in [5.41, 5.74) is 2.45. The molecule has 2 aromatic carbocycles. The van der Waals surface area contributed by atoms with E-state index >= 15 is 0 Å². The van der Waals surface area contributed by atoms with Crippen molar-refractivity contribution in [2.75, 3.05) is 5.75 Å². The second kappa shape index (κ2) is 6.63. The molecule has 1 aliphatic rings. The molecule has 0 aromatic heterocycles. The molecule has 1 nitrogen and oxygen atoms in total. The van der Waals surface area contributed by atoms with E-state index in [9.17, 15) is 4.39 Å². The fourth-order valence-electron chi connectivity index (χ4n) is 2.93. The molecule has 3 heteroatoms. The van der Waals surface area contributed by atoms with Crippen molar-refractivity contribution in [2.45, 2.75) is 36.7 Å². The Labute approximate surface area is 130 Å². The van der Waals surface area contributed by atoms with Gasteiger partial charge in [-0.05, 0) is 42.7 Å². The van der Waals surface area contributed by atoms with E-state index in [1.165, 1.54) is 5.56 Å². The van der Waals surface area contributed by atoms with Crippen LogP contribution in [-0.4, -0.2) is 11.8 Å². The fourth-order valence-corrected chi connectivity index (χ4v) is 4.07. The third kappa shape index (κ3) is 3.47. The van der Waals surface area contributed by atoms with Crippen LogP contribution in [0.1, 0.15) is 30.5 Å². The molecule has 1 N–H and O–H groups in total. The lowest BCUT2D eigenvalue weighted by atomic mass is 10.0. The van der Waals surface area contributed by atoms with Crippen LogP contribution in [0.25, 0.3) is 0 Å². The molecule has 3 rings (SSSR count). The largest absolute Gasteiger partial charge is 0.307 e. The molecule has 0 fully saturated rings. The molecular formula is C18H20FNS. The van der Waals surface area contributed by atoms with Crippen molar-refractivity contribution in [1.29, 1.82) is 0 Å². The first kappa shape index (κ1) is 14.6. The minimum atomic E-state index is -0.0836. The van der Waals surface area contributed by atoms with E-state index in [4.69, 9.17) is 0 Å². The lowest BCUT2D eigenvalue weighted by Crippen LogP contribution is -2.34. The summed E-state index contributed by atoms with van der Waals surface area (Å²) in [4.78, 5) is 0.827. The predicted octanol–water partition coefficient (Wildman–Crippen LogP) is 4.58. The first-order chi connectivity index (χ1) is 10.2. The maximum Gasteiger partial charge on any atom is 0.137 e. The standard InChI is InChI=1S/C18H20FNS/c1-13(12-14-6-3-2-4-7-14)20-17-10-11-21-18-15(17)8-5-9-16(18)19/h2-9,13,17,20H,10-12H2,1H3. The van der Waals surface area contributed by atoms with Crippen molar-refractivity contribution in [3.05, 3.63) is 65.5 Å². The minimum Gasteiger partial charge on any atom is -0.307 e. The Morgan fingerprint density at radius 1 is 1.19 bits per heavy atom. The number of hydrogen-bond acceptors (Lipinski definition) is 2. The Balaban J connectivity index is 1.70. The number of hydrogen-bond donors (Lipinski definition) is 1. The number of rotatable bonds is 4. The lowest BCUT2D eigenvalue weighted by Gasteiger charge is -2.29. The van der Waals surface area contributed by atoms with Crippen LogP contribution in [0.2, 0.25) is 0 Å². The molecule has 21 heavy (non-hydrogen) atoms. The van der Waals surface area contributed by atoms with Gasteiger partial charge in [-0.15, -0.1) is 11.8 Å². The third-order valence-electron chi connectivity index (χ3n) is 3.90. The van der Waals surface area contributed by atoms with E-state index in [0.29, 0.717) is 6.04 Å². The molecule has 2 aromatic rings. The van der Waals surface area contributed by atoms with E-state index in [-0.39, 0.29) is 11.9 Å². The molecule has 110 valence electrons. The SMILES string of the molecule is CC(Cc1ccccc1)NC1CCSc2c(F)cccc21. The van der Waals surface area contributed by atoms with Crippen molar-refractivity contribution in [1.82, 2.24) is 5.32 Å². The summed E-state index contributed by atoms with van der Waals surface area (Å²) in [5, 5.41) is 3.67. The second-order valence-electron chi connectivity index (χ2n) is 5.61. The highest BCUT2D eigenvalue weighted by atomic mass is 32.2. The first-order valence-electron chi connectivity index (χ1n) is 7.45. The first-order valence-corrected chi connectivity index (χ1v) is 8.44. The van der Waals surface area contributed by atoms with Gasteiger partial charge in [0.2, 0.25) is 0 Å². The van der Waals surface area contributed by atoms with Gasteiger partial charge in [0.15, 0.2) is 0 Å². The highest BCUT2D eigenvalue weighted by molar-refractivity contribution is 7.99. The van der Waals surface area contributed by atoms with E-state index in [2.05, 4.69) is 42.6 Å². The lowest BCUT2D eigenvalue weighted by molar-refractivity contribution is 0.433. The molecule has 0 spiro atoms. The zero-order chi connectivity index (χ0) is 14.7. The van der Waals surface area contributed by atoms with Crippen LogP contribution < -0.4 is 5.32 Å². The molecule has 1 heterocycles. The van der Waals surface area contributed by atoms with Crippen molar-refractivity contribution in [2.24, 2.45) is 0 Å². The average molecular weight is 301 g/mol. The molecule has 1 aliphatic heterocycles. The van der Waals surface area contributed by atoms with Gasteiger partial charge in [0, 0.05) is 17.0 Å². The van der Waals surface area contributed by atoms with Gasteiger partial charge in [0.25, 0.3) is 0 Å². The van der Waals surface area contributed by atoms with Crippen molar-refractivity contribution in [3.63, 3.8) is 0 Å². The van der Waals surface area contributed by atoms with Gasteiger partial charge in [-0.3, -0.25) is 0 Å². The number of halogens is 1. The quantitative estimate of drug-likeness (QED) is 0.887. The molecule has 0 radical (unpaired) electrons. The number of thioether (sulfide) groups is 1. The smallest absolute Gasteiger partial charge is 0.137 e. The molecule has 2 atom stereocenters. The van der Waals surface area contributed by atoms with Gasteiger partial charge in [-0.25, -0.2) is 4.39 Å². The van der Waals surface area contributed by atoms with Crippen LogP contribution in [0.5, 0.6) is 0 Å². The van der Waals surface area contributed by atoms with Gasteiger partial charge in [-0.2, -0.15) is 0 Å². The van der Waals surface area contributed by atoms with Crippen molar-refractivity contribution >= 4 is 11.8 Å². The van der Waals surface area contributed by atoms with Crippen LogP contribution in [0.4, 0.5) is 4.39 Å². The van der Waals surface area contributed by atoms with Gasteiger partial charge < -0.3 is 5.32 Å². The summed E-state index contributed by atoms with van der Waals surface area (Å²) in [7, 11) is 0. The molecular weight excluding hydrogens is 281 g/mol. The highest BCUT2D eigenvalue weighted by Crippen LogP contribution is 2.37. The Morgan fingerprint density at radius 3 is 2.81 bits per heavy atom. The Hall–Kier alpha value is -1.32. The summed E-state index contributed by atoms with van der Waals surface area (Å²) < 4.78 is 13.9. The predicted molar refractivity (Wildman–Crippen MR) is 87.2 cm³/mol. The zero-order valence-corrected chi connectivity index (χ0v) is 13.0. The second-order valence-corrected chi connectivity index (χ2v) is 6.71. The van der Waals surface area contributed by atoms with Crippen LogP contribution in [-0.2, 0) is 6.42 Å². The van der Waals surface area contributed by atoms with Crippen LogP contribution in [0.15, 0.2) is 53.4 Å². The van der Waals surface area contributed by atoms with Crippen LogP contribution in [0, 0.1) is 5.82 Å². The van der Waals surface area contributed by atoms with Gasteiger partial charge in [-0.1, -0.05) is 42.5 Å². The number of benzene rings is 2. The summed E-state index contributed by atoms with van der Waals surface area (Å²) in [5.74, 6) is 0.892. The Kier molecular flexibility index (Phi) is 4.61.